The van der Waals surface area contributed by atoms with Gasteiger partial charge in [-0.2, -0.15) is 9.03 Å². The summed E-state index contributed by atoms with van der Waals surface area (Å²) in [5.41, 5.74) is 2.62. The summed E-state index contributed by atoms with van der Waals surface area (Å²) in [4.78, 5) is 25.6. The maximum atomic E-state index is 13.5. The van der Waals surface area contributed by atoms with Gasteiger partial charge in [0, 0.05) is 13.1 Å². The zero-order valence-corrected chi connectivity index (χ0v) is 28.9. The number of nitrogens with one attached hydrogen (secondary N) is 2. The fraction of sp³-hybridized carbons (Fsp3) is 0.412. The van der Waals surface area contributed by atoms with Crippen molar-refractivity contribution >= 4 is 31.9 Å². The van der Waals surface area contributed by atoms with E-state index in [4.69, 9.17) is 4.74 Å². The monoisotopic (exact) mass is 687 g/mol. The van der Waals surface area contributed by atoms with Gasteiger partial charge in [-0.25, -0.2) is 16.8 Å². The smallest absolute Gasteiger partial charge is 0.322 e. The summed E-state index contributed by atoms with van der Waals surface area (Å²) >= 11 is 0. The van der Waals surface area contributed by atoms with E-state index in [-0.39, 0.29) is 48.4 Å². The van der Waals surface area contributed by atoms with E-state index >= 15 is 0 Å². The van der Waals surface area contributed by atoms with Gasteiger partial charge in [-0.1, -0.05) is 79.6 Å². The molecule has 0 aliphatic heterocycles. The summed E-state index contributed by atoms with van der Waals surface area (Å²) in [6.07, 6.45) is 0.643. The molecule has 256 valence electrons. The van der Waals surface area contributed by atoms with Crippen molar-refractivity contribution in [3.63, 3.8) is 0 Å². The number of hydrogen-bond donors (Lipinski definition) is 3. The summed E-state index contributed by atoms with van der Waals surface area (Å²) in [5, 5.41) is 12.8. The number of nitrogens with zero attached hydrogens (tertiary/aromatic N) is 1. The molecule has 0 unspecified atom stereocenters. The number of unbranched alkanes of at least 4 members (excludes halogenated alkanes) is 1. The fourth-order valence-corrected chi connectivity index (χ4v) is 7.75. The number of sulfonamides is 2. The first-order valence-electron chi connectivity index (χ1n) is 15.5. The quantitative estimate of drug-likeness (QED) is 0.158. The third-order valence-corrected chi connectivity index (χ3v) is 10.7. The second-order valence-electron chi connectivity index (χ2n) is 11.9. The molecule has 0 bridgehead atoms. The van der Waals surface area contributed by atoms with Gasteiger partial charge < -0.3 is 15.2 Å². The number of amides is 1. The fourth-order valence-electron chi connectivity index (χ4n) is 4.79. The molecular formula is C34H45N3O8S2. The molecule has 0 aliphatic rings. The van der Waals surface area contributed by atoms with Crippen molar-refractivity contribution in [1.82, 2.24) is 14.3 Å². The highest BCUT2D eigenvalue weighted by molar-refractivity contribution is 7.89. The molecule has 0 radical (unpaired) electrons. The molecule has 47 heavy (non-hydrogen) atoms. The molecule has 3 rings (SSSR count). The predicted octanol–water partition coefficient (Wildman–Crippen LogP) is 4.25. The Morgan fingerprint density at radius 1 is 0.830 bits per heavy atom. The molecule has 0 spiro atoms. The molecule has 0 aromatic heterocycles. The average Bonchev–Trinajstić information content (AvgIpc) is 3.02. The van der Waals surface area contributed by atoms with Crippen LogP contribution < -0.4 is 10.0 Å². The summed E-state index contributed by atoms with van der Waals surface area (Å²) in [6.45, 7) is 7.39. The van der Waals surface area contributed by atoms with Crippen LogP contribution in [-0.4, -0.2) is 69.9 Å². The van der Waals surface area contributed by atoms with Crippen molar-refractivity contribution < 1.29 is 36.3 Å². The predicted molar refractivity (Wildman–Crippen MR) is 180 cm³/mol. The van der Waals surface area contributed by atoms with Crippen LogP contribution in [0.4, 0.5) is 0 Å². The van der Waals surface area contributed by atoms with Gasteiger partial charge in [0.05, 0.1) is 23.0 Å². The Balaban J connectivity index is 1.65. The number of aliphatic carboxylic acids is 1. The second-order valence-corrected chi connectivity index (χ2v) is 15.5. The minimum absolute atomic E-state index is 0.00946. The van der Waals surface area contributed by atoms with Gasteiger partial charge in [-0.15, -0.1) is 0 Å². The summed E-state index contributed by atoms with van der Waals surface area (Å²) in [7, 11) is -8.14. The Morgan fingerprint density at radius 3 is 1.96 bits per heavy atom. The Hall–Kier alpha value is -3.62. The normalized spacial score (nSPS) is 13.4. The van der Waals surface area contributed by atoms with Crippen molar-refractivity contribution in [1.29, 1.82) is 0 Å². The second kappa shape index (κ2) is 17.5. The maximum absolute atomic E-state index is 13.5. The Kier molecular flexibility index (Phi) is 14.1. The van der Waals surface area contributed by atoms with E-state index < -0.39 is 44.0 Å². The van der Waals surface area contributed by atoms with E-state index in [1.807, 2.05) is 58.0 Å². The third kappa shape index (κ3) is 11.5. The number of carbonyl (C=O) groups is 2. The average molecular weight is 688 g/mol. The van der Waals surface area contributed by atoms with Crippen molar-refractivity contribution in [3.8, 4) is 0 Å². The van der Waals surface area contributed by atoms with Crippen LogP contribution >= 0.6 is 0 Å². The zero-order valence-electron chi connectivity index (χ0n) is 27.3. The number of rotatable bonds is 19. The highest BCUT2D eigenvalue weighted by Crippen LogP contribution is 2.23. The van der Waals surface area contributed by atoms with E-state index in [2.05, 4.69) is 10.0 Å². The minimum Gasteiger partial charge on any atom is -0.480 e. The van der Waals surface area contributed by atoms with Crippen LogP contribution in [0.5, 0.6) is 0 Å². The standard InChI is InChI=1S/C34H45N3O8S2/c1-25(2)22-37(47(43,44)30-19-15-27(4)16-20-30)32(34(39)40)12-8-9-21-35-33(38)31(24-45-23-28-10-6-5-7-11-28)36-46(41,42)29-17-13-26(3)14-18-29/h5-7,10-11,13-20,25,31-32,36H,8-9,12,21-24H2,1-4H3,(H,35,38)(H,39,40)/t31-,32-/m0/s1. The molecule has 0 saturated carbocycles. The lowest BCUT2D eigenvalue weighted by Crippen LogP contribution is -2.49. The molecule has 2 atom stereocenters. The molecule has 0 aliphatic carbocycles. The van der Waals surface area contributed by atoms with Crippen LogP contribution in [0, 0.1) is 19.8 Å². The Bertz CT molecular complexity index is 1660. The molecule has 13 heteroatoms. The van der Waals surface area contributed by atoms with Gasteiger partial charge >= 0.3 is 5.97 Å². The lowest BCUT2D eigenvalue weighted by Gasteiger charge is -2.29. The summed E-state index contributed by atoms with van der Waals surface area (Å²) < 4.78 is 62.4. The number of aryl methyl sites for hydroxylation is 2. The van der Waals surface area contributed by atoms with Gasteiger partial charge in [0.1, 0.15) is 12.1 Å². The van der Waals surface area contributed by atoms with Crippen molar-refractivity contribution in [2.24, 2.45) is 5.92 Å². The lowest BCUT2D eigenvalue weighted by atomic mass is 10.1. The first-order valence-corrected chi connectivity index (χ1v) is 18.4. The maximum Gasteiger partial charge on any atom is 0.322 e. The van der Waals surface area contributed by atoms with Crippen molar-refractivity contribution in [2.45, 2.75) is 75.4 Å². The van der Waals surface area contributed by atoms with E-state index in [9.17, 15) is 31.5 Å². The van der Waals surface area contributed by atoms with Gasteiger partial charge in [0.15, 0.2) is 0 Å². The molecule has 1 amide bonds. The van der Waals surface area contributed by atoms with E-state index in [0.29, 0.717) is 12.8 Å². The SMILES string of the molecule is Cc1ccc(S(=O)(=O)N[C@@H](COCc2ccccc2)C(=O)NCCCC[C@@H](C(=O)O)N(CC(C)C)S(=O)(=O)c2ccc(C)cc2)cc1. The molecular weight excluding hydrogens is 643 g/mol. The van der Waals surface area contributed by atoms with Crippen LogP contribution in [0.25, 0.3) is 0 Å². The first-order chi connectivity index (χ1) is 22.2. The summed E-state index contributed by atoms with van der Waals surface area (Å²) in [5.74, 6) is -1.99. The Morgan fingerprint density at radius 2 is 1.40 bits per heavy atom. The van der Waals surface area contributed by atoms with Gasteiger partial charge in [0.2, 0.25) is 26.0 Å². The minimum atomic E-state index is -4.09. The third-order valence-electron chi connectivity index (χ3n) is 7.35. The number of carboxylic acid groups (broad SMARTS) is 1. The van der Waals surface area contributed by atoms with E-state index in [1.54, 1.807) is 24.3 Å². The van der Waals surface area contributed by atoms with Crippen LogP contribution in [0.1, 0.15) is 49.8 Å². The van der Waals surface area contributed by atoms with Gasteiger partial charge in [-0.3, -0.25) is 9.59 Å². The van der Waals surface area contributed by atoms with Gasteiger partial charge in [-0.05, 0) is 68.9 Å². The number of hydrogen-bond acceptors (Lipinski definition) is 7. The van der Waals surface area contributed by atoms with Gasteiger partial charge in [0.25, 0.3) is 0 Å². The molecule has 0 saturated heterocycles. The number of carboxylic acids is 1. The highest BCUT2D eigenvalue weighted by atomic mass is 32.2. The largest absolute Gasteiger partial charge is 0.480 e. The van der Waals surface area contributed by atoms with Crippen LogP contribution in [0.15, 0.2) is 88.7 Å². The number of ether oxygens (including phenoxy) is 1. The molecule has 0 heterocycles. The van der Waals surface area contributed by atoms with E-state index in [1.165, 1.54) is 24.3 Å². The molecule has 3 N–H and O–H groups in total. The molecule has 0 fully saturated rings. The first kappa shape index (κ1) is 37.8. The number of benzene rings is 3. The summed E-state index contributed by atoms with van der Waals surface area (Å²) in [6, 6.07) is 19.2. The number of carbonyl (C=O) groups excluding carboxylic acids is 1. The zero-order chi connectivity index (χ0) is 34.6. The van der Waals surface area contributed by atoms with Crippen LogP contribution in [0.3, 0.4) is 0 Å². The van der Waals surface area contributed by atoms with Crippen LogP contribution in [0.2, 0.25) is 0 Å². The van der Waals surface area contributed by atoms with E-state index in [0.717, 1.165) is 21.0 Å². The molecule has 3 aromatic carbocycles. The Labute approximate surface area is 278 Å². The molecule has 11 nitrogen and oxygen atoms in total. The topological polar surface area (TPSA) is 159 Å². The molecule has 3 aromatic rings. The highest BCUT2D eigenvalue weighted by Gasteiger charge is 2.36. The van der Waals surface area contributed by atoms with Crippen molar-refractivity contribution in [3.05, 3.63) is 95.6 Å². The lowest BCUT2D eigenvalue weighted by molar-refractivity contribution is -0.142. The van der Waals surface area contributed by atoms with Crippen LogP contribution in [-0.2, 0) is 41.0 Å². The van der Waals surface area contributed by atoms with Crippen molar-refractivity contribution in [2.75, 3.05) is 19.7 Å².